The molecule has 128 valence electrons. The van der Waals surface area contributed by atoms with Crippen LogP contribution in [0, 0.1) is 11.7 Å². The molecule has 1 aromatic rings. The van der Waals surface area contributed by atoms with Gasteiger partial charge in [0.1, 0.15) is 5.82 Å². The SMILES string of the molecule is CC1CCC(N2CCN(CCSc3ccccc3F)CC2)CC1. The van der Waals surface area contributed by atoms with Crippen molar-refractivity contribution in [1.29, 1.82) is 0 Å². The summed E-state index contributed by atoms with van der Waals surface area (Å²) in [6.45, 7) is 8.22. The van der Waals surface area contributed by atoms with Crippen LogP contribution in [0.3, 0.4) is 0 Å². The van der Waals surface area contributed by atoms with Crippen LogP contribution >= 0.6 is 11.8 Å². The van der Waals surface area contributed by atoms with Crippen LogP contribution in [-0.4, -0.2) is 54.3 Å². The van der Waals surface area contributed by atoms with Gasteiger partial charge in [-0.25, -0.2) is 4.39 Å². The van der Waals surface area contributed by atoms with Crippen LogP contribution in [0.2, 0.25) is 0 Å². The molecule has 0 atom stereocenters. The van der Waals surface area contributed by atoms with E-state index in [9.17, 15) is 4.39 Å². The maximum atomic E-state index is 13.6. The first kappa shape index (κ1) is 17.2. The molecular weight excluding hydrogens is 307 g/mol. The summed E-state index contributed by atoms with van der Waals surface area (Å²) in [5, 5.41) is 0. The highest BCUT2D eigenvalue weighted by Crippen LogP contribution is 2.28. The first-order valence-electron chi connectivity index (χ1n) is 9.06. The van der Waals surface area contributed by atoms with Crippen LogP contribution in [0.25, 0.3) is 0 Å². The predicted molar refractivity (Wildman–Crippen MR) is 96.6 cm³/mol. The minimum atomic E-state index is -0.0890. The van der Waals surface area contributed by atoms with Crippen LogP contribution in [0.1, 0.15) is 32.6 Å². The van der Waals surface area contributed by atoms with Crippen LogP contribution in [0.4, 0.5) is 4.39 Å². The van der Waals surface area contributed by atoms with Gasteiger partial charge in [-0.15, -0.1) is 11.8 Å². The van der Waals surface area contributed by atoms with E-state index in [-0.39, 0.29) is 5.82 Å². The van der Waals surface area contributed by atoms with Crippen molar-refractivity contribution in [2.24, 2.45) is 5.92 Å². The van der Waals surface area contributed by atoms with Crippen LogP contribution in [0.15, 0.2) is 29.2 Å². The van der Waals surface area contributed by atoms with Crippen molar-refractivity contribution < 1.29 is 4.39 Å². The Bertz CT molecular complexity index is 480. The van der Waals surface area contributed by atoms with Gasteiger partial charge >= 0.3 is 0 Å². The normalized spacial score (nSPS) is 27.2. The van der Waals surface area contributed by atoms with E-state index >= 15 is 0 Å². The lowest BCUT2D eigenvalue weighted by molar-refractivity contribution is 0.0750. The molecular formula is C19H29FN2S. The molecule has 1 aromatic carbocycles. The topological polar surface area (TPSA) is 6.48 Å². The lowest BCUT2D eigenvalue weighted by Gasteiger charge is -2.41. The van der Waals surface area contributed by atoms with Gasteiger partial charge in [0.15, 0.2) is 0 Å². The van der Waals surface area contributed by atoms with Crippen molar-refractivity contribution in [3.8, 4) is 0 Å². The lowest BCUT2D eigenvalue weighted by Crippen LogP contribution is -2.51. The monoisotopic (exact) mass is 336 g/mol. The molecule has 4 heteroatoms. The van der Waals surface area contributed by atoms with E-state index in [2.05, 4.69) is 16.7 Å². The fraction of sp³-hybridized carbons (Fsp3) is 0.684. The Morgan fingerprint density at radius 2 is 1.74 bits per heavy atom. The first-order chi connectivity index (χ1) is 11.2. The molecule has 0 spiro atoms. The number of halogens is 1. The molecule has 0 radical (unpaired) electrons. The molecule has 0 unspecified atom stereocenters. The number of piperazine rings is 1. The number of benzene rings is 1. The minimum absolute atomic E-state index is 0.0890. The van der Waals surface area contributed by atoms with E-state index in [1.165, 1.54) is 51.9 Å². The largest absolute Gasteiger partial charge is 0.300 e. The van der Waals surface area contributed by atoms with E-state index in [0.717, 1.165) is 29.2 Å². The smallest absolute Gasteiger partial charge is 0.136 e. The summed E-state index contributed by atoms with van der Waals surface area (Å²) in [5.41, 5.74) is 0. The van der Waals surface area contributed by atoms with Gasteiger partial charge in [0, 0.05) is 49.4 Å². The molecule has 1 heterocycles. The molecule has 2 fully saturated rings. The second-order valence-corrected chi connectivity index (χ2v) is 8.21. The maximum absolute atomic E-state index is 13.6. The Morgan fingerprint density at radius 1 is 1.04 bits per heavy atom. The zero-order chi connectivity index (χ0) is 16.1. The summed E-state index contributed by atoms with van der Waals surface area (Å²) in [6, 6.07) is 7.93. The Balaban J connectivity index is 1.35. The summed E-state index contributed by atoms with van der Waals surface area (Å²) < 4.78 is 13.6. The van der Waals surface area contributed by atoms with E-state index in [0.29, 0.717) is 0 Å². The molecule has 1 aliphatic heterocycles. The fourth-order valence-corrected chi connectivity index (χ4v) is 4.76. The van der Waals surface area contributed by atoms with Crippen molar-refractivity contribution in [2.75, 3.05) is 38.5 Å². The summed E-state index contributed by atoms with van der Waals surface area (Å²) in [7, 11) is 0. The summed E-state index contributed by atoms with van der Waals surface area (Å²) in [5.74, 6) is 1.82. The number of hydrogen-bond donors (Lipinski definition) is 0. The average molecular weight is 337 g/mol. The molecule has 1 aliphatic carbocycles. The first-order valence-corrected chi connectivity index (χ1v) is 10.0. The molecule has 2 nitrogen and oxygen atoms in total. The second kappa shape index (κ2) is 8.50. The standard InChI is InChI=1S/C19H29FN2S/c1-16-6-8-17(9-7-16)22-12-10-21(11-13-22)14-15-23-19-5-3-2-4-18(19)20/h2-5,16-17H,6-15H2,1H3. The molecule has 1 saturated carbocycles. The van der Waals surface area contributed by atoms with Crippen molar-refractivity contribution in [2.45, 2.75) is 43.5 Å². The zero-order valence-electron chi connectivity index (χ0n) is 14.2. The number of nitrogens with zero attached hydrogens (tertiary/aromatic N) is 2. The van der Waals surface area contributed by atoms with E-state index in [1.807, 2.05) is 12.1 Å². The number of thioether (sulfide) groups is 1. The zero-order valence-corrected chi connectivity index (χ0v) is 15.0. The maximum Gasteiger partial charge on any atom is 0.136 e. The molecule has 2 aliphatic rings. The van der Waals surface area contributed by atoms with Crippen molar-refractivity contribution in [3.05, 3.63) is 30.1 Å². The molecule has 1 saturated heterocycles. The van der Waals surface area contributed by atoms with Crippen LogP contribution in [-0.2, 0) is 0 Å². The lowest BCUT2D eigenvalue weighted by atomic mass is 9.86. The van der Waals surface area contributed by atoms with Gasteiger partial charge in [0.2, 0.25) is 0 Å². The quantitative estimate of drug-likeness (QED) is 0.747. The molecule has 0 bridgehead atoms. The Hall–Kier alpha value is -0.580. The highest BCUT2D eigenvalue weighted by Gasteiger charge is 2.26. The van der Waals surface area contributed by atoms with Crippen molar-refractivity contribution >= 4 is 11.8 Å². The molecule has 23 heavy (non-hydrogen) atoms. The van der Waals surface area contributed by atoms with Gasteiger partial charge in [0.05, 0.1) is 0 Å². The van der Waals surface area contributed by atoms with Gasteiger partial charge in [-0.3, -0.25) is 9.80 Å². The second-order valence-electron chi connectivity index (χ2n) is 7.07. The third-order valence-electron chi connectivity index (χ3n) is 5.41. The van der Waals surface area contributed by atoms with E-state index in [4.69, 9.17) is 0 Å². The highest BCUT2D eigenvalue weighted by atomic mass is 32.2. The molecule has 0 amide bonds. The minimum Gasteiger partial charge on any atom is -0.300 e. The van der Waals surface area contributed by atoms with Crippen LogP contribution in [0.5, 0.6) is 0 Å². The number of hydrogen-bond acceptors (Lipinski definition) is 3. The summed E-state index contributed by atoms with van der Waals surface area (Å²) in [6.07, 6.45) is 5.60. The average Bonchev–Trinajstić information content (AvgIpc) is 2.58. The third-order valence-corrected chi connectivity index (χ3v) is 6.44. The van der Waals surface area contributed by atoms with Gasteiger partial charge < -0.3 is 0 Å². The van der Waals surface area contributed by atoms with Gasteiger partial charge in [0.25, 0.3) is 0 Å². The van der Waals surface area contributed by atoms with E-state index in [1.54, 1.807) is 23.9 Å². The third kappa shape index (κ3) is 4.94. The summed E-state index contributed by atoms with van der Waals surface area (Å²) >= 11 is 1.64. The highest BCUT2D eigenvalue weighted by molar-refractivity contribution is 7.99. The molecule has 0 aromatic heterocycles. The molecule has 0 N–H and O–H groups in total. The predicted octanol–water partition coefficient (Wildman–Crippen LogP) is 4.11. The Morgan fingerprint density at radius 3 is 2.43 bits per heavy atom. The Kier molecular flexibility index (Phi) is 6.37. The van der Waals surface area contributed by atoms with Gasteiger partial charge in [-0.05, 0) is 43.7 Å². The fourth-order valence-electron chi connectivity index (χ4n) is 3.81. The van der Waals surface area contributed by atoms with Crippen molar-refractivity contribution in [1.82, 2.24) is 9.80 Å². The van der Waals surface area contributed by atoms with Gasteiger partial charge in [-0.1, -0.05) is 19.1 Å². The molecule has 3 rings (SSSR count). The van der Waals surface area contributed by atoms with Crippen molar-refractivity contribution in [3.63, 3.8) is 0 Å². The van der Waals surface area contributed by atoms with E-state index < -0.39 is 0 Å². The Labute approximate surface area is 144 Å². The summed E-state index contributed by atoms with van der Waals surface area (Å²) in [4.78, 5) is 6.03. The number of rotatable bonds is 5. The van der Waals surface area contributed by atoms with Gasteiger partial charge in [-0.2, -0.15) is 0 Å². The van der Waals surface area contributed by atoms with Crippen LogP contribution < -0.4 is 0 Å².